The number of nitrogens with zero attached hydrogens (tertiary/aromatic N) is 2. The van der Waals surface area contributed by atoms with Gasteiger partial charge >= 0.3 is 0 Å². The predicted molar refractivity (Wildman–Crippen MR) is 142 cm³/mol. The van der Waals surface area contributed by atoms with Crippen LogP contribution in [0.3, 0.4) is 0 Å². The molecule has 1 heterocycles. The van der Waals surface area contributed by atoms with Crippen LogP contribution in [0.1, 0.15) is 54.2 Å². The van der Waals surface area contributed by atoms with E-state index in [1.165, 1.54) is 18.1 Å². The van der Waals surface area contributed by atoms with Gasteiger partial charge in [-0.1, -0.05) is 13.8 Å². The molecule has 0 radical (unpaired) electrons. The Morgan fingerprint density at radius 1 is 1.23 bits per heavy atom. The van der Waals surface area contributed by atoms with E-state index in [4.69, 9.17) is 10.5 Å². The first-order chi connectivity index (χ1) is 18.8. The zero-order chi connectivity index (χ0) is 29.4. The molecule has 0 aromatic heterocycles. The summed E-state index contributed by atoms with van der Waals surface area (Å²) in [4.78, 5) is 70.5. The Kier molecular flexibility index (Phi) is 6.91. The first kappa shape index (κ1) is 28.4. The number of rotatable bonds is 5. The third-order valence-electron chi connectivity index (χ3n) is 9.77. The molecule has 4 aliphatic rings. The quantitative estimate of drug-likeness (QED) is 0.429. The Balaban J connectivity index is 1.64. The van der Waals surface area contributed by atoms with Crippen LogP contribution in [-0.2, 0) is 25.6 Å². The molecule has 2 saturated carbocycles. The number of ketones is 4. The molecule has 0 bridgehead atoms. The summed E-state index contributed by atoms with van der Waals surface area (Å²) in [7, 11) is 4.63. The lowest BCUT2D eigenvalue weighted by atomic mass is 9.52. The smallest absolute Gasteiger partial charge is 0.235 e. The Labute approximate surface area is 232 Å². The lowest BCUT2D eigenvalue weighted by Crippen LogP contribution is -2.74. The number of carbonyl (C=O) groups is 5. The van der Waals surface area contributed by atoms with Crippen LogP contribution >= 0.6 is 0 Å². The SMILES string of the molecule is CCN1CCC(C)C1c1cc(O)c2c(c1OC)CC1CC3C(N(C)C)C(=O)C(C(N)=O)C(=O)C3(O)C(=O)C1C2=O. The van der Waals surface area contributed by atoms with E-state index in [1.807, 2.05) is 0 Å². The van der Waals surface area contributed by atoms with E-state index in [1.54, 1.807) is 14.1 Å². The summed E-state index contributed by atoms with van der Waals surface area (Å²) in [5, 5.41) is 22.9. The number of phenols is 1. The topological polar surface area (TPSA) is 168 Å². The predicted octanol–water partition coefficient (Wildman–Crippen LogP) is 0.278. The maximum absolute atomic E-state index is 14.0. The van der Waals surface area contributed by atoms with E-state index >= 15 is 0 Å². The van der Waals surface area contributed by atoms with Crippen LogP contribution in [0, 0.1) is 29.6 Å². The number of amides is 1. The third-order valence-corrected chi connectivity index (χ3v) is 9.77. The van der Waals surface area contributed by atoms with Crippen molar-refractivity contribution in [3.63, 3.8) is 0 Å². The van der Waals surface area contributed by atoms with Crippen molar-refractivity contribution in [2.45, 2.75) is 50.8 Å². The van der Waals surface area contributed by atoms with Crippen molar-refractivity contribution in [1.82, 2.24) is 9.80 Å². The molecule has 11 nitrogen and oxygen atoms in total. The molecule has 3 fully saturated rings. The Morgan fingerprint density at radius 3 is 2.48 bits per heavy atom. The van der Waals surface area contributed by atoms with Crippen molar-refractivity contribution in [3.05, 3.63) is 22.8 Å². The highest BCUT2D eigenvalue weighted by Crippen LogP contribution is 2.53. The zero-order valence-corrected chi connectivity index (χ0v) is 23.5. The van der Waals surface area contributed by atoms with Crippen molar-refractivity contribution in [1.29, 1.82) is 0 Å². The van der Waals surface area contributed by atoms with Gasteiger partial charge in [0.2, 0.25) is 5.91 Å². The molecule has 1 saturated heterocycles. The molecule has 5 rings (SSSR count). The molecule has 1 aromatic carbocycles. The summed E-state index contributed by atoms with van der Waals surface area (Å²) in [5.74, 6) is -9.82. The van der Waals surface area contributed by atoms with Gasteiger partial charge in [0.05, 0.1) is 24.6 Å². The van der Waals surface area contributed by atoms with Crippen molar-refractivity contribution >= 4 is 29.0 Å². The zero-order valence-electron chi connectivity index (χ0n) is 23.5. The number of carbonyl (C=O) groups excluding carboxylic acids is 5. The van der Waals surface area contributed by atoms with Crippen LogP contribution in [0.4, 0.5) is 0 Å². The second-order valence-corrected chi connectivity index (χ2v) is 12.0. The average Bonchev–Trinajstić information content (AvgIpc) is 3.25. The normalized spacial score (nSPS) is 35.9. The molecule has 1 aliphatic heterocycles. The summed E-state index contributed by atoms with van der Waals surface area (Å²) in [5.41, 5.74) is 3.83. The van der Waals surface area contributed by atoms with Crippen LogP contribution in [0.2, 0.25) is 0 Å². The van der Waals surface area contributed by atoms with Gasteiger partial charge < -0.3 is 20.7 Å². The van der Waals surface area contributed by atoms with Gasteiger partial charge in [0.25, 0.3) is 0 Å². The summed E-state index contributed by atoms with van der Waals surface area (Å²) in [6.07, 6.45) is 1.14. The highest BCUT2D eigenvalue weighted by atomic mass is 16.5. The highest BCUT2D eigenvalue weighted by molar-refractivity contribution is 6.32. The number of methoxy groups -OCH3 is 1. The fourth-order valence-electron chi connectivity index (χ4n) is 8.02. The van der Waals surface area contributed by atoms with Gasteiger partial charge in [-0.25, -0.2) is 0 Å². The number of phenolic OH excluding ortho intramolecular Hbond substituents is 1. The molecular formula is C29H37N3O8. The molecule has 8 atom stereocenters. The molecule has 216 valence electrons. The number of aromatic hydroxyl groups is 1. The van der Waals surface area contributed by atoms with Gasteiger partial charge in [0.1, 0.15) is 11.5 Å². The number of likely N-dealkylation sites (tertiary alicyclic amines) is 1. The molecule has 8 unspecified atom stereocenters. The van der Waals surface area contributed by atoms with Crippen LogP contribution < -0.4 is 10.5 Å². The first-order valence-corrected chi connectivity index (χ1v) is 13.8. The number of hydrogen-bond donors (Lipinski definition) is 3. The molecule has 0 spiro atoms. The van der Waals surface area contributed by atoms with Crippen molar-refractivity contribution in [2.24, 2.45) is 35.3 Å². The van der Waals surface area contributed by atoms with Crippen LogP contribution in [-0.4, -0.2) is 95.0 Å². The second-order valence-electron chi connectivity index (χ2n) is 12.0. The molecule has 3 aliphatic carbocycles. The van der Waals surface area contributed by atoms with Gasteiger partial charge in [0, 0.05) is 23.1 Å². The number of Topliss-reactive ketones (excluding diaryl/α,β-unsaturated/α-hetero) is 4. The van der Waals surface area contributed by atoms with Crippen molar-refractivity contribution in [3.8, 4) is 11.5 Å². The summed E-state index contributed by atoms with van der Waals surface area (Å²) < 4.78 is 5.88. The van der Waals surface area contributed by atoms with Gasteiger partial charge in [-0.2, -0.15) is 0 Å². The Hall–Kier alpha value is -3.15. The highest BCUT2D eigenvalue weighted by Gasteiger charge is 2.69. The molecule has 1 aromatic rings. The van der Waals surface area contributed by atoms with E-state index in [9.17, 15) is 34.2 Å². The number of fused-ring (bicyclic) bond motifs is 3. The van der Waals surface area contributed by atoms with Gasteiger partial charge in [-0.3, -0.25) is 33.8 Å². The van der Waals surface area contributed by atoms with E-state index in [-0.39, 0.29) is 36.1 Å². The van der Waals surface area contributed by atoms with Crippen molar-refractivity contribution < 1.29 is 38.9 Å². The maximum Gasteiger partial charge on any atom is 0.235 e. The van der Waals surface area contributed by atoms with Crippen LogP contribution in [0.25, 0.3) is 0 Å². The van der Waals surface area contributed by atoms with Gasteiger partial charge in [0.15, 0.2) is 34.7 Å². The van der Waals surface area contributed by atoms with E-state index < -0.39 is 64.4 Å². The summed E-state index contributed by atoms with van der Waals surface area (Å²) >= 11 is 0. The number of benzene rings is 1. The number of primary amides is 1. The first-order valence-electron chi connectivity index (χ1n) is 13.8. The number of aliphatic hydroxyl groups is 1. The van der Waals surface area contributed by atoms with Crippen molar-refractivity contribution in [2.75, 3.05) is 34.3 Å². The fraction of sp³-hybridized carbons (Fsp3) is 0.621. The van der Waals surface area contributed by atoms with Crippen LogP contribution in [0.15, 0.2) is 6.07 Å². The largest absolute Gasteiger partial charge is 0.507 e. The minimum atomic E-state index is -2.74. The molecule has 4 N–H and O–H groups in total. The van der Waals surface area contributed by atoms with Gasteiger partial charge in [-0.15, -0.1) is 0 Å². The molecule has 1 amide bonds. The monoisotopic (exact) mass is 555 g/mol. The minimum absolute atomic E-state index is 0.00104. The van der Waals surface area contributed by atoms with Crippen LogP contribution in [0.5, 0.6) is 11.5 Å². The lowest BCUT2D eigenvalue weighted by molar-refractivity contribution is -0.181. The standard InChI is InChI=1S/C29H37N3O8/c1-6-32-8-7-12(2)21(32)15-11-17(33)19-14(25(15)40-5)9-13-10-16-22(31(3)4)24(35)20(28(30)38)27(37)29(16,39)26(36)18(13)23(19)34/h11-13,16,18,20-22,33,39H,6-10H2,1-5H3,(H2,30,38). The second kappa shape index (κ2) is 9.74. The number of hydrogen-bond acceptors (Lipinski definition) is 10. The summed E-state index contributed by atoms with van der Waals surface area (Å²) in [6, 6.07) is 0.367. The number of nitrogens with two attached hydrogens (primary N) is 1. The van der Waals surface area contributed by atoms with Gasteiger partial charge in [-0.05, 0) is 64.3 Å². The number of likely N-dealkylation sites (N-methyl/N-ethyl adjacent to an activating group) is 1. The Morgan fingerprint density at radius 2 is 1.90 bits per heavy atom. The number of ether oxygens (including phenoxy) is 1. The molecular weight excluding hydrogens is 518 g/mol. The van der Waals surface area contributed by atoms with E-state index in [2.05, 4.69) is 18.7 Å². The van der Waals surface area contributed by atoms with E-state index in [0.29, 0.717) is 11.3 Å². The Bertz CT molecular complexity index is 1320. The maximum atomic E-state index is 14.0. The fourth-order valence-corrected chi connectivity index (χ4v) is 8.02. The summed E-state index contributed by atoms with van der Waals surface area (Å²) in [6.45, 7) is 5.89. The minimum Gasteiger partial charge on any atom is -0.507 e. The van der Waals surface area contributed by atoms with E-state index in [0.717, 1.165) is 25.1 Å². The third kappa shape index (κ3) is 3.70. The molecule has 11 heteroatoms. The average molecular weight is 556 g/mol. The molecule has 40 heavy (non-hydrogen) atoms. The lowest BCUT2D eigenvalue weighted by Gasteiger charge is -2.52.